The number of halogens is 1. The standard InChI is InChI=1S/C8H12BrN3O/c1-8(2,3)6(13)5(9)7-10-4-11-12-7/h4-5H,1-3H3,(H,10,11,12)/t5-/m0/s1. The van der Waals surface area contributed by atoms with Gasteiger partial charge in [-0.15, -0.1) is 0 Å². The Balaban J connectivity index is 2.81. The fraction of sp³-hybridized carbons (Fsp3) is 0.625. The number of alkyl halides is 1. The maximum Gasteiger partial charge on any atom is 0.171 e. The van der Waals surface area contributed by atoms with Crippen LogP contribution in [0.25, 0.3) is 0 Å². The average molecular weight is 246 g/mol. The molecule has 0 saturated carbocycles. The second kappa shape index (κ2) is 3.57. The van der Waals surface area contributed by atoms with E-state index in [1.807, 2.05) is 20.8 Å². The van der Waals surface area contributed by atoms with Crippen molar-refractivity contribution < 1.29 is 4.79 Å². The lowest BCUT2D eigenvalue weighted by atomic mass is 9.89. The van der Waals surface area contributed by atoms with Gasteiger partial charge < -0.3 is 0 Å². The van der Waals surface area contributed by atoms with Crippen molar-refractivity contribution in [2.45, 2.75) is 25.6 Å². The van der Waals surface area contributed by atoms with E-state index in [-0.39, 0.29) is 11.2 Å². The van der Waals surface area contributed by atoms with Crippen LogP contribution in [0.5, 0.6) is 0 Å². The Morgan fingerprint density at radius 2 is 2.23 bits per heavy atom. The largest absolute Gasteiger partial charge is 0.297 e. The number of hydrogen-bond acceptors (Lipinski definition) is 3. The quantitative estimate of drug-likeness (QED) is 0.810. The predicted octanol–water partition coefficient (Wildman–Crippen LogP) is 1.86. The van der Waals surface area contributed by atoms with Gasteiger partial charge in [0, 0.05) is 5.41 Å². The summed E-state index contributed by atoms with van der Waals surface area (Å²) in [5.74, 6) is 0.562. The molecule has 0 unspecified atom stereocenters. The summed E-state index contributed by atoms with van der Waals surface area (Å²) in [7, 11) is 0. The summed E-state index contributed by atoms with van der Waals surface area (Å²) < 4.78 is 0. The first kappa shape index (κ1) is 10.4. The van der Waals surface area contributed by atoms with Crippen LogP contribution in [-0.4, -0.2) is 21.0 Å². The number of carbonyl (C=O) groups is 1. The van der Waals surface area contributed by atoms with Crippen LogP contribution in [0.2, 0.25) is 0 Å². The Morgan fingerprint density at radius 3 is 2.62 bits per heavy atom. The van der Waals surface area contributed by atoms with E-state index in [9.17, 15) is 4.79 Å². The van der Waals surface area contributed by atoms with Gasteiger partial charge in [-0.2, -0.15) is 5.10 Å². The minimum atomic E-state index is -0.418. The fourth-order valence-electron chi connectivity index (χ4n) is 0.838. The summed E-state index contributed by atoms with van der Waals surface area (Å²) in [5, 5.41) is 6.42. The number of H-pyrrole nitrogens is 1. The number of nitrogens with zero attached hydrogens (tertiary/aromatic N) is 2. The lowest BCUT2D eigenvalue weighted by Crippen LogP contribution is -2.24. The minimum Gasteiger partial charge on any atom is -0.297 e. The first-order valence-corrected chi connectivity index (χ1v) is 4.88. The molecule has 0 aliphatic rings. The summed E-state index contributed by atoms with van der Waals surface area (Å²) in [6.45, 7) is 5.61. The normalized spacial score (nSPS) is 14.2. The fourth-order valence-corrected chi connectivity index (χ4v) is 1.75. The molecule has 1 aromatic rings. The van der Waals surface area contributed by atoms with Crippen molar-refractivity contribution in [1.29, 1.82) is 0 Å². The predicted molar refractivity (Wildman–Crippen MR) is 52.5 cm³/mol. The van der Waals surface area contributed by atoms with Gasteiger partial charge in [0.25, 0.3) is 0 Å². The highest BCUT2D eigenvalue weighted by atomic mass is 79.9. The van der Waals surface area contributed by atoms with E-state index in [2.05, 4.69) is 31.1 Å². The van der Waals surface area contributed by atoms with Gasteiger partial charge in [-0.3, -0.25) is 9.89 Å². The van der Waals surface area contributed by atoms with Crippen molar-refractivity contribution in [1.82, 2.24) is 15.2 Å². The lowest BCUT2D eigenvalue weighted by molar-refractivity contribution is -0.125. The molecule has 1 atom stereocenters. The number of nitrogens with one attached hydrogen (secondary N) is 1. The Morgan fingerprint density at radius 1 is 1.62 bits per heavy atom. The van der Waals surface area contributed by atoms with Gasteiger partial charge in [0.2, 0.25) is 0 Å². The van der Waals surface area contributed by atoms with Gasteiger partial charge in [-0.25, -0.2) is 4.98 Å². The summed E-state index contributed by atoms with van der Waals surface area (Å²) in [5.41, 5.74) is -0.380. The van der Waals surface area contributed by atoms with Crippen molar-refractivity contribution in [2.24, 2.45) is 5.41 Å². The zero-order valence-electron chi connectivity index (χ0n) is 7.84. The molecule has 0 aliphatic carbocycles. The van der Waals surface area contributed by atoms with Crippen LogP contribution in [0.15, 0.2) is 6.33 Å². The Bertz CT molecular complexity index is 289. The number of ketones is 1. The van der Waals surface area contributed by atoms with Crippen LogP contribution in [-0.2, 0) is 4.79 Å². The highest BCUT2D eigenvalue weighted by Crippen LogP contribution is 2.29. The molecular weight excluding hydrogens is 234 g/mol. The van der Waals surface area contributed by atoms with Crippen LogP contribution < -0.4 is 0 Å². The zero-order valence-corrected chi connectivity index (χ0v) is 9.42. The van der Waals surface area contributed by atoms with Crippen molar-refractivity contribution in [3.63, 3.8) is 0 Å². The number of aromatic nitrogens is 3. The third-order valence-corrected chi connectivity index (χ3v) is 2.46. The Kier molecular flexibility index (Phi) is 2.85. The van der Waals surface area contributed by atoms with E-state index in [0.29, 0.717) is 5.82 Å². The minimum absolute atomic E-state index is 0.0760. The summed E-state index contributed by atoms with van der Waals surface area (Å²) in [4.78, 5) is 15.2. The molecule has 0 aromatic carbocycles. The third kappa shape index (κ3) is 2.37. The monoisotopic (exact) mass is 245 g/mol. The van der Waals surface area contributed by atoms with E-state index < -0.39 is 4.83 Å². The number of carbonyl (C=O) groups excluding carboxylic acids is 1. The maximum atomic E-state index is 11.7. The van der Waals surface area contributed by atoms with Crippen LogP contribution in [0.1, 0.15) is 31.4 Å². The highest BCUT2D eigenvalue weighted by molar-refractivity contribution is 9.09. The van der Waals surface area contributed by atoms with Crippen LogP contribution in [0, 0.1) is 5.41 Å². The molecule has 0 bridgehead atoms. The average Bonchev–Trinajstić information content (AvgIpc) is 2.51. The van der Waals surface area contributed by atoms with Crippen molar-refractivity contribution in [2.75, 3.05) is 0 Å². The maximum absolute atomic E-state index is 11.7. The highest BCUT2D eigenvalue weighted by Gasteiger charge is 2.30. The second-order valence-corrected chi connectivity index (χ2v) is 4.75. The number of rotatable bonds is 2. The summed E-state index contributed by atoms with van der Waals surface area (Å²) in [6.07, 6.45) is 1.46. The number of aromatic amines is 1. The lowest BCUT2D eigenvalue weighted by Gasteiger charge is -2.18. The molecule has 0 aliphatic heterocycles. The first-order valence-electron chi connectivity index (χ1n) is 3.97. The molecule has 72 valence electrons. The molecule has 0 spiro atoms. The number of Topliss-reactive ketones (excluding diaryl/α,β-unsaturated/α-hetero) is 1. The second-order valence-electron chi connectivity index (χ2n) is 3.83. The zero-order chi connectivity index (χ0) is 10.1. The molecular formula is C8H12BrN3O. The first-order chi connectivity index (χ1) is 5.93. The van der Waals surface area contributed by atoms with E-state index in [0.717, 1.165) is 0 Å². The van der Waals surface area contributed by atoms with E-state index in [1.54, 1.807) is 0 Å². The van der Waals surface area contributed by atoms with Gasteiger partial charge in [-0.05, 0) is 0 Å². The SMILES string of the molecule is CC(C)(C)C(=O)[C@H](Br)c1nc[nH]n1. The molecule has 0 amide bonds. The molecule has 13 heavy (non-hydrogen) atoms. The van der Waals surface area contributed by atoms with Crippen LogP contribution in [0.3, 0.4) is 0 Å². The molecule has 4 nitrogen and oxygen atoms in total. The van der Waals surface area contributed by atoms with Crippen molar-refractivity contribution in [3.05, 3.63) is 12.2 Å². The van der Waals surface area contributed by atoms with Crippen molar-refractivity contribution >= 4 is 21.7 Å². The van der Waals surface area contributed by atoms with Gasteiger partial charge in [-0.1, -0.05) is 36.7 Å². The topological polar surface area (TPSA) is 58.6 Å². The van der Waals surface area contributed by atoms with Gasteiger partial charge in [0.1, 0.15) is 11.2 Å². The van der Waals surface area contributed by atoms with Crippen LogP contribution >= 0.6 is 15.9 Å². The Labute approximate surface area is 85.3 Å². The van der Waals surface area contributed by atoms with E-state index in [4.69, 9.17) is 0 Å². The van der Waals surface area contributed by atoms with Gasteiger partial charge in [0.05, 0.1) is 0 Å². The molecule has 0 fully saturated rings. The molecule has 1 heterocycles. The van der Waals surface area contributed by atoms with E-state index in [1.165, 1.54) is 6.33 Å². The smallest absolute Gasteiger partial charge is 0.171 e. The molecule has 1 N–H and O–H groups in total. The van der Waals surface area contributed by atoms with Crippen LogP contribution in [0.4, 0.5) is 0 Å². The molecule has 1 rings (SSSR count). The molecule has 1 aromatic heterocycles. The molecule has 0 saturated heterocycles. The third-order valence-electron chi connectivity index (χ3n) is 1.63. The summed E-state index contributed by atoms with van der Waals surface area (Å²) >= 11 is 3.27. The van der Waals surface area contributed by atoms with Gasteiger partial charge in [0.15, 0.2) is 11.6 Å². The number of hydrogen-bond donors (Lipinski definition) is 1. The van der Waals surface area contributed by atoms with E-state index >= 15 is 0 Å². The Hall–Kier alpha value is -0.710. The molecule has 0 radical (unpaired) electrons. The van der Waals surface area contributed by atoms with Gasteiger partial charge >= 0.3 is 0 Å². The summed E-state index contributed by atoms with van der Waals surface area (Å²) in [6, 6.07) is 0. The molecule has 5 heteroatoms. The van der Waals surface area contributed by atoms with Crippen molar-refractivity contribution in [3.8, 4) is 0 Å².